The lowest BCUT2D eigenvalue weighted by Gasteiger charge is -2.07. The van der Waals surface area contributed by atoms with Crippen LogP contribution in [0.5, 0.6) is 5.75 Å². The second kappa shape index (κ2) is 8.59. The monoisotopic (exact) mass is 338 g/mol. The van der Waals surface area contributed by atoms with Gasteiger partial charge in [0.2, 0.25) is 0 Å². The van der Waals surface area contributed by atoms with Crippen LogP contribution in [-0.2, 0) is 9.53 Å². The van der Waals surface area contributed by atoms with Crippen LogP contribution in [-0.4, -0.2) is 19.2 Å². The summed E-state index contributed by atoms with van der Waals surface area (Å²) in [5, 5.41) is 2.19. The van der Waals surface area contributed by atoms with Gasteiger partial charge in [0.1, 0.15) is 5.75 Å². The molecule has 20 heavy (non-hydrogen) atoms. The summed E-state index contributed by atoms with van der Waals surface area (Å²) < 4.78 is 11.2. The van der Waals surface area contributed by atoms with Gasteiger partial charge in [-0.25, -0.2) is 4.79 Å². The first-order chi connectivity index (χ1) is 9.69. The summed E-state index contributed by atoms with van der Waals surface area (Å²) in [5.74, 6) is 0.306. The molecule has 0 aromatic heterocycles. The van der Waals surface area contributed by atoms with Gasteiger partial charge in [-0.3, -0.25) is 0 Å². The van der Waals surface area contributed by atoms with Gasteiger partial charge in [-0.2, -0.15) is 0 Å². The van der Waals surface area contributed by atoms with Crippen molar-refractivity contribution in [2.45, 2.75) is 20.8 Å². The first-order valence-corrected chi connectivity index (χ1v) is 7.46. The first kappa shape index (κ1) is 16.5. The number of esters is 1. The quantitative estimate of drug-likeness (QED) is 0.766. The van der Waals surface area contributed by atoms with Crippen LogP contribution >= 0.6 is 15.9 Å². The molecule has 0 saturated carbocycles. The average molecular weight is 339 g/mol. The van der Waals surface area contributed by atoms with Crippen molar-refractivity contribution in [2.75, 3.05) is 13.2 Å². The lowest BCUT2D eigenvalue weighted by molar-refractivity contribution is -0.145. The molecule has 0 amide bonds. The number of hydrogen-bond acceptors (Lipinski definition) is 3. The van der Waals surface area contributed by atoms with Crippen molar-refractivity contribution >= 4 is 32.7 Å². The molecular weight excluding hydrogens is 320 g/mol. The highest BCUT2D eigenvalue weighted by Gasteiger charge is 2.03. The fraction of sp³-hybridized carbons (Fsp3) is 0.312. The molecule has 0 atom stereocenters. The smallest absolute Gasteiger partial charge is 0.344 e. The van der Waals surface area contributed by atoms with Crippen molar-refractivity contribution in [3.63, 3.8) is 0 Å². The number of hydrogen-bond donors (Lipinski definition) is 0. The van der Waals surface area contributed by atoms with E-state index in [1.54, 1.807) is 6.92 Å². The van der Waals surface area contributed by atoms with Gasteiger partial charge < -0.3 is 9.47 Å². The maximum absolute atomic E-state index is 11.2. The zero-order valence-corrected chi connectivity index (χ0v) is 13.6. The van der Waals surface area contributed by atoms with Gasteiger partial charge in [0, 0.05) is 4.47 Å². The Labute approximate surface area is 128 Å². The molecule has 4 heteroatoms. The summed E-state index contributed by atoms with van der Waals surface area (Å²) in [5.41, 5.74) is 0. The molecular formula is C16H19BrO3. The minimum atomic E-state index is -0.355. The van der Waals surface area contributed by atoms with E-state index >= 15 is 0 Å². The highest BCUT2D eigenvalue weighted by atomic mass is 79.9. The molecule has 2 aromatic carbocycles. The van der Waals surface area contributed by atoms with Crippen LogP contribution in [0.15, 0.2) is 40.9 Å². The van der Waals surface area contributed by atoms with E-state index in [9.17, 15) is 4.79 Å². The van der Waals surface area contributed by atoms with E-state index in [4.69, 9.17) is 9.47 Å². The van der Waals surface area contributed by atoms with Crippen LogP contribution in [0.1, 0.15) is 20.8 Å². The van der Waals surface area contributed by atoms with Gasteiger partial charge in [-0.1, -0.05) is 41.9 Å². The molecule has 0 aliphatic heterocycles. The Balaban J connectivity index is 0.000000956. The van der Waals surface area contributed by atoms with Crippen LogP contribution in [0.25, 0.3) is 10.8 Å². The van der Waals surface area contributed by atoms with Gasteiger partial charge in [-0.15, -0.1) is 0 Å². The van der Waals surface area contributed by atoms with Crippen molar-refractivity contribution in [3.05, 3.63) is 40.9 Å². The molecule has 0 aliphatic rings. The van der Waals surface area contributed by atoms with Crippen molar-refractivity contribution in [1.82, 2.24) is 0 Å². The van der Waals surface area contributed by atoms with Crippen LogP contribution in [0, 0.1) is 0 Å². The van der Waals surface area contributed by atoms with Crippen LogP contribution in [0.4, 0.5) is 0 Å². The molecule has 3 nitrogen and oxygen atoms in total. The van der Waals surface area contributed by atoms with Crippen LogP contribution in [0.2, 0.25) is 0 Å². The SMILES string of the molecule is CC.CCOC(=O)COc1ccc2ccc(Br)cc2c1. The summed E-state index contributed by atoms with van der Waals surface area (Å²) >= 11 is 3.42. The van der Waals surface area contributed by atoms with Crippen molar-refractivity contribution in [3.8, 4) is 5.75 Å². The summed E-state index contributed by atoms with van der Waals surface area (Å²) in [6.07, 6.45) is 0. The average Bonchev–Trinajstić information content (AvgIpc) is 2.47. The van der Waals surface area contributed by atoms with E-state index < -0.39 is 0 Å². The van der Waals surface area contributed by atoms with Gasteiger partial charge in [0.25, 0.3) is 0 Å². The molecule has 108 valence electrons. The number of fused-ring (bicyclic) bond motifs is 1. The van der Waals surface area contributed by atoms with E-state index in [0.717, 1.165) is 15.2 Å². The largest absolute Gasteiger partial charge is 0.482 e. The normalized spacial score (nSPS) is 9.60. The number of carbonyl (C=O) groups is 1. The molecule has 2 rings (SSSR count). The Hall–Kier alpha value is -1.55. The molecule has 0 saturated heterocycles. The van der Waals surface area contributed by atoms with E-state index in [0.29, 0.717) is 12.4 Å². The molecule has 0 spiro atoms. The van der Waals surface area contributed by atoms with E-state index in [2.05, 4.69) is 15.9 Å². The Morgan fingerprint density at radius 1 is 1.10 bits per heavy atom. The third-order valence-corrected chi connectivity index (χ3v) is 2.93. The molecule has 0 heterocycles. The van der Waals surface area contributed by atoms with Crippen molar-refractivity contribution in [1.29, 1.82) is 0 Å². The van der Waals surface area contributed by atoms with Crippen LogP contribution < -0.4 is 4.74 Å². The number of rotatable bonds is 4. The van der Waals surface area contributed by atoms with Gasteiger partial charge in [-0.05, 0) is 42.0 Å². The van der Waals surface area contributed by atoms with Crippen molar-refractivity contribution in [2.24, 2.45) is 0 Å². The number of halogens is 1. The third-order valence-electron chi connectivity index (χ3n) is 2.44. The lowest BCUT2D eigenvalue weighted by Crippen LogP contribution is -2.14. The maximum Gasteiger partial charge on any atom is 0.344 e. The second-order valence-corrected chi connectivity index (χ2v) is 4.66. The lowest BCUT2D eigenvalue weighted by atomic mass is 10.1. The highest BCUT2D eigenvalue weighted by Crippen LogP contribution is 2.24. The Morgan fingerprint density at radius 3 is 2.50 bits per heavy atom. The summed E-state index contributed by atoms with van der Waals surface area (Å²) in [6, 6.07) is 11.7. The number of carbonyl (C=O) groups excluding carboxylic acids is 1. The molecule has 0 bridgehead atoms. The Kier molecular flexibility index (Phi) is 7.09. The van der Waals surface area contributed by atoms with Gasteiger partial charge in [0.15, 0.2) is 6.61 Å². The fourth-order valence-corrected chi connectivity index (χ4v) is 2.01. The number of benzene rings is 2. The zero-order chi connectivity index (χ0) is 15.0. The molecule has 0 radical (unpaired) electrons. The Bertz CT molecular complexity index is 567. The minimum absolute atomic E-state index is 0.0622. The highest BCUT2D eigenvalue weighted by molar-refractivity contribution is 9.10. The predicted molar refractivity (Wildman–Crippen MR) is 85.1 cm³/mol. The van der Waals surface area contributed by atoms with Gasteiger partial charge >= 0.3 is 5.97 Å². The third kappa shape index (κ3) is 4.85. The molecule has 0 aliphatic carbocycles. The topological polar surface area (TPSA) is 35.5 Å². The standard InChI is InChI=1S/C14H13BrO3.C2H6/c1-2-17-14(16)9-18-13-6-4-10-3-5-12(15)7-11(10)8-13;1-2/h3-8H,2,9H2,1H3;1-2H3. The molecule has 0 N–H and O–H groups in total. The fourth-order valence-electron chi connectivity index (χ4n) is 1.63. The van der Waals surface area contributed by atoms with E-state index in [1.807, 2.05) is 50.2 Å². The second-order valence-electron chi connectivity index (χ2n) is 3.75. The zero-order valence-electron chi connectivity index (χ0n) is 12.0. The van der Waals surface area contributed by atoms with Gasteiger partial charge in [0.05, 0.1) is 6.61 Å². The minimum Gasteiger partial charge on any atom is -0.482 e. The summed E-state index contributed by atoms with van der Waals surface area (Å²) in [4.78, 5) is 11.2. The van der Waals surface area contributed by atoms with E-state index in [-0.39, 0.29) is 12.6 Å². The maximum atomic E-state index is 11.2. The molecule has 0 fully saturated rings. The van der Waals surface area contributed by atoms with Crippen molar-refractivity contribution < 1.29 is 14.3 Å². The predicted octanol–water partition coefficient (Wildman–Crippen LogP) is 4.57. The molecule has 2 aromatic rings. The number of ether oxygens (including phenoxy) is 2. The van der Waals surface area contributed by atoms with E-state index in [1.165, 1.54) is 0 Å². The Morgan fingerprint density at radius 2 is 1.80 bits per heavy atom. The van der Waals surface area contributed by atoms with Crippen LogP contribution in [0.3, 0.4) is 0 Å². The molecule has 0 unspecified atom stereocenters. The first-order valence-electron chi connectivity index (χ1n) is 6.67. The summed E-state index contributed by atoms with van der Waals surface area (Å²) in [6.45, 7) is 6.08. The summed E-state index contributed by atoms with van der Waals surface area (Å²) in [7, 11) is 0.